The molecule has 2 amide bonds. The molecule has 1 aromatic carbocycles. The fourth-order valence-electron chi connectivity index (χ4n) is 1.72. The molecule has 0 aromatic heterocycles. The smallest absolute Gasteiger partial charge is 0.326 e. The van der Waals surface area contributed by atoms with Crippen LogP contribution >= 0.6 is 0 Å². The van der Waals surface area contributed by atoms with Crippen LogP contribution in [-0.4, -0.2) is 37.3 Å². The average molecular weight is 280 g/mol. The van der Waals surface area contributed by atoms with Gasteiger partial charge in [0.1, 0.15) is 11.8 Å². The van der Waals surface area contributed by atoms with E-state index in [-0.39, 0.29) is 0 Å². The molecular formula is C14H20N2O4. The molecule has 1 rings (SSSR count). The topological polar surface area (TPSA) is 78.9 Å². The van der Waals surface area contributed by atoms with E-state index in [1.807, 2.05) is 6.92 Å². The lowest BCUT2D eigenvalue weighted by atomic mass is 10.2. The van der Waals surface area contributed by atoms with E-state index in [1.165, 1.54) is 4.90 Å². The van der Waals surface area contributed by atoms with E-state index in [1.54, 1.807) is 38.4 Å². The molecule has 2 N–H and O–H groups in total. The second kappa shape index (κ2) is 7.37. The van der Waals surface area contributed by atoms with E-state index >= 15 is 0 Å². The highest BCUT2D eigenvalue weighted by atomic mass is 16.5. The van der Waals surface area contributed by atoms with Crippen molar-refractivity contribution in [1.82, 2.24) is 5.32 Å². The van der Waals surface area contributed by atoms with E-state index in [9.17, 15) is 9.59 Å². The number of rotatable bonds is 6. The number of anilines is 1. The summed E-state index contributed by atoms with van der Waals surface area (Å²) < 4.78 is 5.04. The van der Waals surface area contributed by atoms with Crippen molar-refractivity contribution in [3.63, 3.8) is 0 Å². The van der Waals surface area contributed by atoms with Crippen molar-refractivity contribution in [3.05, 3.63) is 24.3 Å². The van der Waals surface area contributed by atoms with Crippen molar-refractivity contribution < 1.29 is 19.4 Å². The first kappa shape index (κ1) is 15.8. The highest BCUT2D eigenvalue weighted by Gasteiger charge is 2.21. The van der Waals surface area contributed by atoms with Gasteiger partial charge in [0.05, 0.1) is 7.11 Å². The Bertz CT molecular complexity index is 459. The van der Waals surface area contributed by atoms with Gasteiger partial charge in [-0.3, -0.25) is 4.90 Å². The Kier molecular flexibility index (Phi) is 5.83. The molecule has 1 aromatic rings. The second-order valence-corrected chi connectivity index (χ2v) is 4.39. The second-order valence-electron chi connectivity index (χ2n) is 4.39. The lowest BCUT2D eigenvalue weighted by Crippen LogP contribution is -2.46. The summed E-state index contributed by atoms with van der Waals surface area (Å²) in [7, 11) is 3.15. The molecule has 20 heavy (non-hydrogen) atoms. The Labute approximate surface area is 118 Å². The Hall–Kier alpha value is -2.24. The maximum atomic E-state index is 12.0. The van der Waals surface area contributed by atoms with E-state index in [0.717, 1.165) is 0 Å². The van der Waals surface area contributed by atoms with Crippen molar-refractivity contribution in [2.24, 2.45) is 0 Å². The number of hydrogen-bond donors (Lipinski definition) is 2. The lowest BCUT2D eigenvalue weighted by molar-refractivity contribution is -0.139. The Balaban J connectivity index is 2.71. The number of carbonyl (C=O) groups is 2. The summed E-state index contributed by atoms with van der Waals surface area (Å²) in [6.07, 6.45) is 1.08. The minimum atomic E-state index is -1.02. The quantitative estimate of drug-likeness (QED) is 0.836. The molecule has 0 aliphatic heterocycles. The number of nitrogens with one attached hydrogen (secondary N) is 1. The molecule has 1 atom stereocenters. The van der Waals surface area contributed by atoms with Gasteiger partial charge in [-0.05, 0) is 30.7 Å². The molecule has 0 saturated carbocycles. The number of hydrogen-bond acceptors (Lipinski definition) is 3. The van der Waals surface area contributed by atoms with Crippen LogP contribution in [0, 0.1) is 0 Å². The Morgan fingerprint density at radius 1 is 1.35 bits per heavy atom. The van der Waals surface area contributed by atoms with Gasteiger partial charge in [0.15, 0.2) is 0 Å². The summed E-state index contributed by atoms with van der Waals surface area (Å²) in [4.78, 5) is 24.4. The number of methoxy groups -OCH3 is 1. The largest absolute Gasteiger partial charge is 0.497 e. The van der Waals surface area contributed by atoms with Gasteiger partial charge in [0, 0.05) is 12.7 Å². The molecule has 0 heterocycles. The van der Waals surface area contributed by atoms with Gasteiger partial charge in [-0.15, -0.1) is 0 Å². The number of benzene rings is 1. The summed E-state index contributed by atoms with van der Waals surface area (Å²) in [6, 6.07) is 5.62. The van der Waals surface area contributed by atoms with Crippen LogP contribution in [0.15, 0.2) is 24.3 Å². The van der Waals surface area contributed by atoms with E-state index in [0.29, 0.717) is 24.3 Å². The van der Waals surface area contributed by atoms with Gasteiger partial charge in [0.25, 0.3) is 0 Å². The van der Waals surface area contributed by atoms with Gasteiger partial charge in [0.2, 0.25) is 0 Å². The van der Waals surface area contributed by atoms with Crippen molar-refractivity contribution in [2.45, 2.75) is 25.8 Å². The van der Waals surface area contributed by atoms with Crippen molar-refractivity contribution in [1.29, 1.82) is 0 Å². The molecule has 1 unspecified atom stereocenters. The third-order valence-corrected chi connectivity index (χ3v) is 2.94. The van der Waals surface area contributed by atoms with E-state index in [2.05, 4.69) is 5.32 Å². The lowest BCUT2D eigenvalue weighted by Gasteiger charge is -2.21. The maximum absolute atomic E-state index is 12.0. The number of carboxylic acid groups (broad SMARTS) is 1. The number of amides is 2. The normalized spacial score (nSPS) is 11.6. The summed E-state index contributed by atoms with van der Waals surface area (Å²) >= 11 is 0. The molecule has 0 aliphatic rings. The van der Waals surface area contributed by atoms with Crippen molar-refractivity contribution >= 4 is 17.7 Å². The van der Waals surface area contributed by atoms with Gasteiger partial charge >= 0.3 is 12.0 Å². The van der Waals surface area contributed by atoms with E-state index < -0.39 is 18.0 Å². The summed E-state index contributed by atoms with van der Waals surface area (Å²) in [5.74, 6) is -0.333. The minimum Gasteiger partial charge on any atom is -0.497 e. The van der Waals surface area contributed by atoms with Crippen molar-refractivity contribution in [3.8, 4) is 5.75 Å². The molecule has 0 bridgehead atoms. The summed E-state index contributed by atoms with van der Waals surface area (Å²) in [5, 5.41) is 11.5. The maximum Gasteiger partial charge on any atom is 0.326 e. The zero-order chi connectivity index (χ0) is 15.1. The average Bonchev–Trinajstić information content (AvgIpc) is 2.45. The molecule has 0 fully saturated rings. The first-order valence-corrected chi connectivity index (χ1v) is 6.40. The molecule has 0 aliphatic carbocycles. The fraction of sp³-hybridized carbons (Fsp3) is 0.429. The highest BCUT2D eigenvalue weighted by Crippen LogP contribution is 2.18. The molecule has 0 saturated heterocycles. The Morgan fingerprint density at radius 3 is 2.40 bits per heavy atom. The minimum absolute atomic E-state index is 0.400. The molecule has 6 nitrogen and oxygen atoms in total. The third-order valence-electron chi connectivity index (χ3n) is 2.94. The monoisotopic (exact) mass is 280 g/mol. The predicted octanol–water partition coefficient (Wildman–Crippen LogP) is 2.09. The number of aliphatic carboxylic acids is 1. The van der Waals surface area contributed by atoms with Gasteiger partial charge in [-0.2, -0.15) is 0 Å². The zero-order valence-electron chi connectivity index (χ0n) is 11.9. The van der Waals surface area contributed by atoms with Crippen molar-refractivity contribution in [2.75, 3.05) is 19.1 Å². The van der Waals surface area contributed by atoms with Gasteiger partial charge < -0.3 is 15.2 Å². The standard InChI is InChI=1S/C14H20N2O4/c1-4-5-12(13(17)18)15-14(19)16(2)10-6-8-11(20-3)9-7-10/h6-9,12H,4-5H2,1-3H3,(H,15,19)(H,17,18). The van der Waals surface area contributed by atoms with Gasteiger partial charge in [-0.1, -0.05) is 13.3 Å². The first-order chi connectivity index (χ1) is 9.49. The van der Waals surface area contributed by atoms with E-state index in [4.69, 9.17) is 9.84 Å². The van der Waals surface area contributed by atoms with Crippen LogP contribution in [0.25, 0.3) is 0 Å². The number of carboxylic acids is 1. The number of nitrogens with zero attached hydrogens (tertiary/aromatic N) is 1. The van der Waals surface area contributed by atoms with Crippen LogP contribution in [0.1, 0.15) is 19.8 Å². The number of ether oxygens (including phenoxy) is 1. The SMILES string of the molecule is CCCC(NC(=O)N(C)c1ccc(OC)cc1)C(=O)O. The zero-order valence-corrected chi connectivity index (χ0v) is 11.9. The number of urea groups is 1. The molecular weight excluding hydrogens is 260 g/mol. The molecule has 110 valence electrons. The fourth-order valence-corrected chi connectivity index (χ4v) is 1.72. The van der Waals surface area contributed by atoms with Crippen LogP contribution in [-0.2, 0) is 4.79 Å². The first-order valence-electron chi connectivity index (χ1n) is 6.40. The molecule has 0 spiro atoms. The highest BCUT2D eigenvalue weighted by molar-refractivity contribution is 5.94. The van der Waals surface area contributed by atoms with Gasteiger partial charge in [-0.25, -0.2) is 9.59 Å². The van der Waals surface area contributed by atoms with Crippen LogP contribution < -0.4 is 15.0 Å². The number of carbonyl (C=O) groups excluding carboxylic acids is 1. The summed E-state index contributed by atoms with van der Waals surface area (Å²) in [6.45, 7) is 1.87. The molecule has 6 heteroatoms. The van der Waals surface area contributed by atoms with Crippen LogP contribution in [0.5, 0.6) is 5.75 Å². The third kappa shape index (κ3) is 4.15. The summed E-state index contributed by atoms with van der Waals surface area (Å²) in [5.41, 5.74) is 0.656. The predicted molar refractivity (Wildman–Crippen MR) is 76.3 cm³/mol. The van der Waals surface area contributed by atoms with Crippen LogP contribution in [0.4, 0.5) is 10.5 Å². The Morgan fingerprint density at radius 2 is 1.95 bits per heavy atom. The molecule has 0 radical (unpaired) electrons. The van der Waals surface area contributed by atoms with Crippen LogP contribution in [0.3, 0.4) is 0 Å². The van der Waals surface area contributed by atoms with Crippen LogP contribution in [0.2, 0.25) is 0 Å².